The standard InChI is InChI=1S/C12H18N2O3S/c13-18(15,16)12-6-2-1-5-11(12)17-9-10-4-3-7-14-8-10/h1-2,5-6,10,14H,3-4,7-9H2,(H2,13,15,16). The molecule has 0 aromatic heterocycles. The molecule has 1 aliphatic heterocycles. The number of ether oxygens (including phenoxy) is 1. The molecule has 0 saturated carbocycles. The summed E-state index contributed by atoms with van der Waals surface area (Å²) >= 11 is 0. The average molecular weight is 270 g/mol. The normalized spacial score (nSPS) is 20.6. The maximum atomic E-state index is 11.4. The van der Waals surface area contributed by atoms with Crippen LogP contribution in [0.1, 0.15) is 12.8 Å². The van der Waals surface area contributed by atoms with Crippen molar-refractivity contribution < 1.29 is 13.2 Å². The van der Waals surface area contributed by atoms with Crippen LogP contribution in [-0.4, -0.2) is 28.1 Å². The van der Waals surface area contributed by atoms with E-state index in [1.54, 1.807) is 18.2 Å². The number of benzene rings is 1. The number of nitrogens with one attached hydrogen (secondary N) is 1. The molecule has 0 radical (unpaired) electrons. The maximum absolute atomic E-state index is 11.4. The number of piperidine rings is 1. The number of sulfonamides is 1. The molecular formula is C12H18N2O3S. The van der Waals surface area contributed by atoms with E-state index in [0.717, 1.165) is 25.9 Å². The highest BCUT2D eigenvalue weighted by molar-refractivity contribution is 7.89. The van der Waals surface area contributed by atoms with Crippen molar-refractivity contribution in [1.82, 2.24) is 5.32 Å². The third-order valence-corrected chi connectivity index (χ3v) is 3.98. The molecule has 6 heteroatoms. The molecule has 3 N–H and O–H groups in total. The van der Waals surface area contributed by atoms with Crippen molar-refractivity contribution in [3.63, 3.8) is 0 Å². The molecule has 1 heterocycles. The number of hydrogen-bond donors (Lipinski definition) is 2. The van der Waals surface area contributed by atoms with Crippen molar-refractivity contribution in [2.24, 2.45) is 11.1 Å². The van der Waals surface area contributed by atoms with E-state index in [-0.39, 0.29) is 4.90 Å². The van der Waals surface area contributed by atoms with Gasteiger partial charge in [-0.3, -0.25) is 0 Å². The fourth-order valence-electron chi connectivity index (χ4n) is 2.08. The van der Waals surface area contributed by atoms with E-state index < -0.39 is 10.0 Å². The molecule has 1 saturated heterocycles. The lowest BCUT2D eigenvalue weighted by atomic mass is 10.0. The highest BCUT2D eigenvalue weighted by Crippen LogP contribution is 2.23. The summed E-state index contributed by atoms with van der Waals surface area (Å²) < 4.78 is 28.4. The lowest BCUT2D eigenvalue weighted by Crippen LogP contribution is -2.33. The summed E-state index contributed by atoms with van der Waals surface area (Å²) in [6.45, 7) is 2.47. The Balaban J connectivity index is 2.05. The van der Waals surface area contributed by atoms with Gasteiger partial charge in [0, 0.05) is 12.5 Å². The topological polar surface area (TPSA) is 81.4 Å². The van der Waals surface area contributed by atoms with Crippen LogP contribution in [0.4, 0.5) is 0 Å². The third kappa shape index (κ3) is 3.44. The van der Waals surface area contributed by atoms with Gasteiger partial charge in [0.15, 0.2) is 0 Å². The second-order valence-corrected chi connectivity index (χ2v) is 6.04. The van der Waals surface area contributed by atoms with Crippen molar-refractivity contribution in [2.45, 2.75) is 17.7 Å². The van der Waals surface area contributed by atoms with Gasteiger partial charge in [-0.1, -0.05) is 12.1 Å². The first-order valence-corrected chi connectivity index (χ1v) is 7.57. The Morgan fingerprint density at radius 1 is 1.39 bits per heavy atom. The van der Waals surface area contributed by atoms with Gasteiger partial charge >= 0.3 is 0 Å². The van der Waals surface area contributed by atoms with Gasteiger partial charge in [-0.2, -0.15) is 0 Å². The van der Waals surface area contributed by atoms with Crippen LogP contribution in [-0.2, 0) is 10.0 Å². The number of nitrogens with two attached hydrogens (primary N) is 1. The predicted molar refractivity (Wildman–Crippen MR) is 68.9 cm³/mol. The van der Waals surface area contributed by atoms with Gasteiger partial charge in [0.05, 0.1) is 6.61 Å². The van der Waals surface area contributed by atoms with E-state index in [4.69, 9.17) is 9.88 Å². The molecule has 2 rings (SSSR count). The van der Waals surface area contributed by atoms with Gasteiger partial charge < -0.3 is 10.1 Å². The van der Waals surface area contributed by atoms with Crippen molar-refractivity contribution in [3.8, 4) is 5.75 Å². The highest BCUT2D eigenvalue weighted by atomic mass is 32.2. The molecular weight excluding hydrogens is 252 g/mol. The van der Waals surface area contributed by atoms with E-state index in [2.05, 4.69) is 5.32 Å². The van der Waals surface area contributed by atoms with Crippen molar-refractivity contribution in [3.05, 3.63) is 24.3 Å². The molecule has 18 heavy (non-hydrogen) atoms. The Labute approximate surface area is 107 Å². The molecule has 1 unspecified atom stereocenters. The summed E-state index contributed by atoms with van der Waals surface area (Å²) in [5, 5.41) is 8.44. The van der Waals surface area contributed by atoms with E-state index >= 15 is 0 Å². The number of hydrogen-bond acceptors (Lipinski definition) is 4. The van der Waals surface area contributed by atoms with Crippen LogP contribution >= 0.6 is 0 Å². The van der Waals surface area contributed by atoms with Crippen LogP contribution in [0.5, 0.6) is 5.75 Å². The summed E-state index contributed by atoms with van der Waals surface area (Å²) in [7, 11) is -3.73. The SMILES string of the molecule is NS(=O)(=O)c1ccccc1OCC1CCCNC1. The lowest BCUT2D eigenvalue weighted by Gasteiger charge is -2.23. The van der Waals surface area contributed by atoms with Gasteiger partial charge in [-0.05, 0) is 31.5 Å². The Bertz CT molecular complexity index is 496. The first-order chi connectivity index (χ1) is 8.57. The minimum atomic E-state index is -3.73. The summed E-state index contributed by atoms with van der Waals surface area (Å²) in [4.78, 5) is 0.0498. The highest BCUT2D eigenvalue weighted by Gasteiger charge is 2.17. The summed E-state index contributed by atoms with van der Waals surface area (Å²) in [6, 6.07) is 6.47. The molecule has 5 nitrogen and oxygen atoms in total. The Morgan fingerprint density at radius 3 is 2.83 bits per heavy atom. The molecule has 1 aromatic carbocycles. The monoisotopic (exact) mass is 270 g/mol. The molecule has 1 aromatic rings. The van der Waals surface area contributed by atoms with E-state index in [9.17, 15) is 8.42 Å². The van der Waals surface area contributed by atoms with E-state index in [1.165, 1.54) is 6.07 Å². The number of para-hydroxylation sites is 1. The van der Waals surface area contributed by atoms with Crippen LogP contribution < -0.4 is 15.2 Å². The molecule has 0 spiro atoms. The number of primary sulfonamides is 1. The second kappa shape index (κ2) is 5.69. The molecule has 1 fully saturated rings. The van der Waals surface area contributed by atoms with Crippen LogP contribution in [0, 0.1) is 5.92 Å². The quantitative estimate of drug-likeness (QED) is 0.844. The van der Waals surface area contributed by atoms with Crippen molar-refractivity contribution in [2.75, 3.05) is 19.7 Å². The molecule has 1 atom stereocenters. The van der Waals surface area contributed by atoms with Gasteiger partial charge in [0.1, 0.15) is 10.6 Å². The summed E-state index contributed by atoms with van der Waals surface area (Å²) in [6.07, 6.45) is 2.23. The minimum absolute atomic E-state index is 0.0498. The fraction of sp³-hybridized carbons (Fsp3) is 0.500. The van der Waals surface area contributed by atoms with Gasteiger partial charge in [-0.15, -0.1) is 0 Å². The smallest absolute Gasteiger partial charge is 0.241 e. The van der Waals surface area contributed by atoms with Gasteiger partial charge in [-0.25, -0.2) is 13.6 Å². The van der Waals surface area contributed by atoms with Crippen LogP contribution in [0.3, 0.4) is 0 Å². The molecule has 0 bridgehead atoms. The zero-order valence-corrected chi connectivity index (χ0v) is 10.9. The zero-order chi connectivity index (χ0) is 13.0. The number of rotatable bonds is 4. The van der Waals surface area contributed by atoms with Gasteiger partial charge in [0.2, 0.25) is 10.0 Å². The summed E-state index contributed by atoms with van der Waals surface area (Å²) in [5.41, 5.74) is 0. The lowest BCUT2D eigenvalue weighted by molar-refractivity contribution is 0.214. The van der Waals surface area contributed by atoms with Crippen LogP contribution in [0.2, 0.25) is 0 Å². The van der Waals surface area contributed by atoms with Crippen molar-refractivity contribution in [1.29, 1.82) is 0 Å². The minimum Gasteiger partial charge on any atom is -0.492 e. The van der Waals surface area contributed by atoms with Crippen molar-refractivity contribution >= 4 is 10.0 Å². The molecule has 0 aliphatic carbocycles. The van der Waals surface area contributed by atoms with Crippen LogP contribution in [0.25, 0.3) is 0 Å². The summed E-state index contributed by atoms with van der Waals surface area (Å²) in [5.74, 6) is 0.762. The van der Waals surface area contributed by atoms with Crippen LogP contribution in [0.15, 0.2) is 29.2 Å². The maximum Gasteiger partial charge on any atom is 0.241 e. The largest absolute Gasteiger partial charge is 0.492 e. The average Bonchev–Trinajstić information content (AvgIpc) is 2.37. The Morgan fingerprint density at radius 2 is 2.17 bits per heavy atom. The first kappa shape index (κ1) is 13.3. The Kier molecular flexibility index (Phi) is 4.21. The predicted octanol–water partition coefficient (Wildman–Crippen LogP) is 0.712. The first-order valence-electron chi connectivity index (χ1n) is 6.03. The zero-order valence-electron chi connectivity index (χ0n) is 10.1. The van der Waals surface area contributed by atoms with E-state index in [1.807, 2.05) is 0 Å². The Hall–Kier alpha value is -1.11. The molecule has 100 valence electrons. The molecule has 1 aliphatic rings. The second-order valence-electron chi connectivity index (χ2n) is 4.52. The molecule has 0 amide bonds. The van der Waals surface area contributed by atoms with E-state index in [0.29, 0.717) is 18.3 Å². The van der Waals surface area contributed by atoms with Gasteiger partial charge in [0.25, 0.3) is 0 Å². The fourth-order valence-corrected chi connectivity index (χ4v) is 2.75. The third-order valence-electron chi connectivity index (χ3n) is 3.03.